The van der Waals surface area contributed by atoms with Gasteiger partial charge in [-0.1, -0.05) is 55.6 Å². The van der Waals surface area contributed by atoms with Crippen molar-refractivity contribution in [2.45, 2.75) is 82.0 Å². The fraction of sp³-hybridized carbons (Fsp3) is 0.654. The van der Waals surface area contributed by atoms with Gasteiger partial charge in [0.1, 0.15) is 0 Å². The second-order valence-corrected chi connectivity index (χ2v) is 11.2. The molecule has 4 atom stereocenters. The molecule has 1 aromatic rings. The number of carbonyl (C=O) groups excluding carboxylic acids is 3. The molecule has 2 fully saturated rings. The molecule has 0 aliphatic carbocycles. The zero-order valence-corrected chi connectivity index (χ0v) is 22.4. The molecule has 2 aliphatic heterocycles. The van der Waals surface area contributed by atoms with Crippen molar-refractivity contribution >= 4 is 35.3 Å². The SMILES string of the molecule is CC(Cc1ccc(N=[N+]=[N-])cc1)C(=O)NCCCCCCNC(=O)CCCCC1SCC2NC(=O)NC21. The number of rotatable bonds is 16. The highest BCUT2D eigenvalue weighted by atomic mass is 32.2. The first-order valence-electron chi connectivity index (χ1n) is 13.3. The van der Waals surface area contributed by atoms with Crippen LogP contribution in [0.5, 0.6) is 0 Å². The molecule has 0 radical (unpaired) electrons. The maximum Gasteiger partial charge on any atom is 0.315 e. The van der Waals surface area contributed by atoms with E-state index in [1.807, 2.05) is 30.8 Å². The molecule has 0 spiro atoms. The molecule has 0 aromatic heterocycles. The van der Waals surface area contributed by atoms with E-state index in [0.717, 1.165) is 56.3 Å². The fourth-order valence-electron chi connectivity index (χ4n) is 4.78. The van der Waals surface area contributed by atoms with E-state index in [9.17, 15) is 14.4 Å². The maximum atomic E-state index is 12.3. The van der Waals surface area contributed by atoms with Crippen LogP contribution in [0.1, 0.15) is 63.9 Å². The summed E-state index contributed by atoms with van der Waals surface area (Å²) in [5, 5.41) is 16.0. The van der Waals surface area contributed by atoms with Crippen molar-refractivity contribution in [1.29, 1.82) is 0 Å². The molecule has 11 heteroatoms. The summed E-state index contributed by atoms with van der Waals surface area (Å²) in [4.78, 5) is 38.6. The lowest BCUT2D eigenvalue weighted by Crippen LogP contribution is -2.36. The Morgan fingerprint density at radius 3 is 2.54 bits per heavy atom. The van der Waals surface area contributed by atoms with Crippen LogP contribution in [-0.4, -0.2) is 54.0 Å². The van der Waals surface area contributed by atoms with E-state index in [4.69, 9.17) is 5.53 Å². The van der Waals surface area contributed by atoms with Crippen molar-refractivity contribution in [1.82, 2.24) is 21.3 Å². The average Bonchev–Trinajstić information content (AvgIpc) is 3.43. The van der Waals surface area contributed by atoms with Crippen molar-refractivity contribution in [2.75, 3.05) is 18.8 Å². The Morgan fingerprint density at radius 1 is 1.08 bits per heavy atom. The zero-order valence-electron chi connectivity index (χ0n) is 21.6. The number of hydrogen-bond donors (Lipinski definition) is 4. The van der Waals surface area contributed by atoms with E-state index < -0.39 is 0 Å². The maximum absolute atomic E-state index is 12.3. The number of unbranched alkanes of at least 4 members (excludes halogenated alkanes) is 4. The molecule has 2 saturated heterocycles. The number of fused-ring (bicyclic) bond motifs is 1. The first-order valence-corrected chi connectivity index (χ1v) is 14.4. The first-order chi connectivity index (χ1) is 18.0. The van der Waals surface area contributed by atoms with Crippen LogP contribution in [0.2, 0.25) is 0 Å². The largest absolute Gasteiger partial charge is 0.356 e. The summed E-state index contributed by atoms with van der Waals surface area (Å²) in [6, 6.07) is 7.71. The summed E-state index contributed by atoms with van der Waals surface area (Å²) in [5.41, 5.74) is 10.1. The predicted octanol–water partition coefficient (Wildman–Crippen LogP) is 4.33. The minimum atomic E-state index is -0.130. The van der Waals surface area contributed by atoms with Gasteiger partial charge in [-0.15, -0.1) is 0 Å². The summed E-state index contributed by atoms with van der Waals surface area (Å²) in [6.45, 7) is 3.27. The first kappa shape index (κ1) is 28.7. The normalized spacial score (nSPS) is 20.8. The van der Waals surface area contributed by atoms with Crippen LogP contribution in [0.4, 0.5) is 10.5 Å². The van der Waals surface area contributed by atoms with E-state index in [1.165, 1.54) is 0 Å². The summed E-state index contributed by atoms with van der Waals surface area (Å²) >= 11 is 1.91. The monoisotopic (exact) mass is 529 g/mol. The van der Waals surface area contributed by atoms with Gasteiger partial charge in [-0.2, -0.15) is 11.8 Å². The number of azide groups is 1. The summed E-state index contributed by atoms with van der Waals surface area (Å²) in [7, 11) is 0. The Labute approximate surface area is 223 Å². The lowest BCUT2D eigenvalue weighted by atomic mass is 10.00. The third-order valence-corrected chi connectivity index (χ3v) is 8.40. The third kappa shape index (κ3) is 9.81. The smallest absolute Gasteiger partial charge is 0.315 e. The van der Waals surface area contributed by atoms with Gasteiger partial charge in [-0.25, -0.2) is 4.79 Å². The van der Waals surface area contributed by atoms with Crippen molar-refractivity contribution in [3.05, 3.63) is 40.3 Å². The third-order valence-electron chi connectivity index (χ3n) is 6.89. The van der Waals surface area contributed by atoms with Gasteiger partial charge in [-0.05, 0) is 43.2 Å². The number of hydrogen-bond acceptors (Lipinski definition) is 5. The van der Waals surface area contributed by atoms with E-state index >= 15 is 0 Å². The molecule has 4 unspecified atom stereocenters. The molecule has 4 amide bonds. The van der Waals surface area contributed by atoms with Crippen molar-refractivity contribution < 1.29 is 14.4 Å². The highest BCUT2D eigenvalue weighted by Crippen LogP contribution is 2.33. The highest BCUT2D eigenvalue weighted by molar-refractivity contribution is 8.00. The molecule has 1 aromatic carbocycles. The number of urea groups is 1. The molecular formula is C26H39N7O3S. The van der Waals surface area contributed by atoms with Gasteiger partial charge in [0.25, 0.3) is 0 Å². The van der Waals surface area contributed by atoms with Gasteiger partial charge in [0.15, 0.2) is 0 Å². The van der Waals surface area contributed by atoms with Gasteiger partial charge in [0.2, 0.25) is 11.8 Å². The van der Waals surface area contributed by atoms with E-state index in [2.05, 4.69) is 31.3 Å². The van der Waals surface area contributed by atoms with E-state index in [-0.39, 0.29) is 35.8 Å². The number of benzene rings is 1. The number of amides is 4. The second-order valence-electron chi connectivity index (χ2n) is 9.88. The fourth-order valence-corrected chi connectivity index (χ4v) is 6.32. The minimum Gasteiger partial charge on any atom is -0.356 e. The predicted molar refractivity (Wildman–Crippen MR) is 147 cm³/mol. The Morgan fingerprint density at radius 2 is 1.81 bits per heavy atom. The van der Waals surface area contributed by atoms with Gasteiger partial charge >= 0.3 is 6.03 Å². The Kier molecular flexibility index (Phi) is 11.9. The van der Waals surface area contributed by atoms with Crippen LogP contribution in [0.25, 0.3) is 10.4 Å². The number of nitrogens with one attached hydrogen (secondary N) is 4. The summed E-state index contributed by atoms with van der Waals surface area (Å²) < 4.78 is 0. The molecule has 37 heavy (non-hydrogen) atoms. The molecule has 10 nitrogen and oxygen atoms in total. The van der Waals surface area contributed by atoms with Crippen LogP contribution in [0.15, 0.2) is 29.4 Å². The number of thioether (sulfide) groups is 1. The van der Waals surface area contributed by atoms with Crippen molar-refractivity contribution in [3.8, 4) is 0 Å². The summed E-state index contributed by atoms with van der Waals surface area (Å²) in [6.07, 6.45) is 7.99. The molecular weight excluding hydrogens is 490 g/mol. The Balaban J connectivity index is 1.13. The number of carbonyl (C=O) groups is 3. The van der Waals surface area contributed by atoms with Crippen LogP contribution in [-0.2, 0) is 16.0 Å². The van der Waals surface area contributed by atoms with Gasteiger partial charge in [0.05, 0.1) is 12.1 Å². The highest BCUT2D eigenvalue weighted by Gasteiger charge is 2.42. The molecule has 0 bridgehead atoms. The van der Waals surface area contributed by atoms with E-state index in [0.29, 0.717) is 36.9 Å². The van der Waals surface area contributed by atoms with Crippen LogP contribution >= 0.6 is 11.8 Å². The lowest BCUT2D eigenvalue weighted by Gasteiger charge is -2.16. The van der Waals surface area contributed by atoms with E-state index in [1.54, 1.807) is 12.1 Å². The molecule has 4 N–H and O–H groups in total. The molecule has 3 rings (SSSR count). The van der Waals surface area contributed by atoms with Crippen LogP contribution < -0.4 is 21.3 Å². The number of nitrogens with zero attached hydrogens (tertiary/aromatic N) is 3. The van der Waals surface area contributed by atoms with Gasteiger partial charge < -0.3 is 21.3 Å². The van der Waals surface area contributed by atoms with Gasteiger partial charge in [0, 0.05) is 47.0 Å². The quantitative estimate of drug-likeness (QED) is 0.0829. The topological polar surface area (TPSA) is 148 Å². The standard InChI is InChI=1S/C26H39N7O3S/c1-18(16-19-10-12-20(13-11-19)32-33-27)25(35)29-15-7-3-2-6-14-28-23(34)9-5-4-8-22-24-21(17-37-22)30-26(36)31-24/h10-13,18,21-22,24H,2-9,14-17H2,1H3,(H,28,34)(H,29,35)(H2,30,31,36). The summed E-state index contributed by atoms with van der Waals surface area (Å²) in [5.74, 6) is 0.996. The van der Waals surface area contributed by atoms with Crippen molar-refractivity contribution in [3.63, 3.8) is 0 Å². The zero-order chi connectivity index (χ0) is 26.5. The van der Waals surface area contributed by atoms with Crippen LogP contribution in [0, 0.1) is 5.92 Å². The second kappa shape index (κ2) is 15.4. The van der Waals surface area contributed by atoms with Crippen molar-refractivity contribution in [2.24, 2.45) is 11.0 Å². The van der Waals surface area contributed by atoms with Gasteiger partial charge in [-0.3, -0.25) is 9.59 Å². The average molecular weight is 530 g/mol. The molecule has 0 saturated carbocycles. The molecule has 2 heterocycles. The molecule has 202 valence electrons. The van der Waals surface area contributed by atoms with Crippen LogP contribution in [0.3, 0.4) is 0 Å². The Bertz CT molecular complexity index is 952. The lowest BCUT2D eigenvalue weighted by molar-refractivity contribution is -0.124. The molecule has 2 aliphatic rings. The Hall–Kier alpha value is -2.91. The minimum absolute atomic E-state index is 0.0439.